The van der Waals surface area contributed by atoms with Gasteiger partial charge in [-0.2, -0.15) is 0 Å². The average Bonchev–Trinajstić information content (AvgIpc) is 3.10. The van der Waals surface area contributed by atoms with E-state index in [0.717, 1.165) is 10.6 Å². The molecule has 0 aliphatic heterocycles. The van der Waals surface area contributed by atoms with Gasteiger partial charge in [0.05, 0.1) is 0 Å². The normalized spacial score (nSPS) is 12.1. The zero-order chi connectivity index (χ0) is 18.8. The molecule has 6 aromatic carbocycles. The van der Waals surface area contributed by atoms with Gasteiger partial charge in [0.15, 0.2) is 0 Å². The van der Waals surface area contributed by atoms with Crippen molar-refractivity contribution in [2.75, 3.05) is 0 Å². The van der Waals surface area contributed by atoms with Gasteiger partial charge in [-0.1, -0.05) is 0 Å². The summed E-state index contributed by atoms with van der Waals surface area (Å²) in [6.07, 6.45) is 0. The summed E-state index contributed by atoms with van der Waals surface area (Å²) in [5.41, 5.74) is 2.59. The van der Waals surface area contributed by atoms with Gasteiger partial charge in [-0.15, -0.1) is 0 Å². The minimum absolute atomic E-state index is 0.0286. The van der Waals surface area contributed by atoms with E-state index in [1.807, 2.05) is 0 Å². The number of benzene rings is 5. The van der Waals surface area contributed by atoms with E-state index in [-0.39, 0.29) is 29.9 Å². The van der Waals surface area contributed by atoms with E-state index in [9.17, 15) is 0 Å². The molecule has 2 nitrogen and oxygen atoms in total. The van der Waals surface area contributed by atoms with Crippen LogP contribution in [0.2, 0.25) is 0 Å². The molecule has 0 spiro atoms. The zero-order valence-electron chi connectivity index (χ0n) is 14.7. The van der Waals surface area contributed by atoms with Gasteiger partial charge in [0, 0.05) is 0 Å². The van der Waals surface area contributed by atoms with Crippen molar-refractivity contribution in [1.82, 2.24) is 0 Å². The van der Waals surface area contributed by atoms with Crippen molar-refractivity contribution in [2.24, 2.45) is 0 Å². The molecule has 0 aliphatic carbocycles. The molecule has 0 N–H and O–H groups in total. The fraction of sp³-hybridized carbons (Fsp3) is 0.0833. The van der Waals surface area contributed by atoms with E-state index in [1.165, 1.54) is 65.0 Å². The third-order valence-electron chi connectivity index (χ3n) is 5.89. The Labute approximate surface area is 174 Å². The number of nitrogens with zero attached hydrogens (tertiary/aromatic N) is 2. The van der Waals surface area contributed by atoms with Crippen molar-refractivity contribution < 1.29 is 0 Å². The molecule has 6 aromatic rings. The average molecular weight is 486 g/mol. The van der Waals surface area contributed by atoms with Crippen molar-refractivity contribution >= 4 is 83.8 Å². The Morgan fingerprint density at radius 3 is 1.46 bits per heavy atom. The number of nitriles is 2. The summed E-state index contributed by atoms with van der Waals surface area (Å²) in [6.45, 7) is 0. The van der Waals surface area contributed by atoms with Gasteiger partial charge in [0.1, 0.15) is 0 Å². The van der Waals surface area contributed by atoms with Crippen LogP contribution >= 0.6 is 0 Å². The molecule has 0 saturated carbocycles. The van der Waals surface area contributed by atoms with Crippen LogP contribution in [0.1, 0.15) is 11.1 Å². The van der Waals surface area contributed by atoms with Gasteiger partial charge in [-0.05, 0) is 0 Å². The van der Waals surface area contributed by atoms with Gasteiger partial charge in [-0.25, -0.2) is 0 Å². The molecule has 0 saturated heterocycles. The maximum atomic E-state index is 9.12. The molecule has 0 aliphatic rings. The maximum absolute atomic E-state index is 9.12. The molecule has 0 aromatic heterocycles. The van der Waals surface area contributed by atoms with E-state index in [1.54, 1.807) is 0 Å². The second-order valence-electron chi connectivity index (χ2n) is 7.17. The molecule has 0 amide bonds. The van der Waals surface area contributed by atoms with Crippen molar-refractivity contribution in [3.05, 3.63) is 59.7 Å². The summed E-state index contributed by atoms with van der Waals surface area (Å²) in [4.78, 5) is 4.72. The summed E-state index contributed by atoms with van der Waals surface area (Å²) in [6, 6.07) is 18.0. The van der Waals surface area contributed by atoms with Crippen LogP contribution < -0.4 is 0 Å². The molecule has 0 bridgehead atoms. The molecular formula is C24H12N2Se2. The molecule has 0 fully saturated rings. The van der Waals surface area contributed by atoms with Gasteiger partial charge in [0.25, 0.3) is 0 Å². The van der Waals surface area contributed by atoms with E-state index in [4.69, 9.17) is 10.5 Å². The summed E-state index contributed by atoms with van der Waals surface area (Å²) >= 11 is -0.0573. The monoisotopic (exact) mass is 488 g/mol. The van der Waals surface area contributed by atoms with E-state index < -0.39 is 0 Å². The van der Waals surface area contributed by atoms with Crippen LogP contribution in [-0.4, -0.2) is 29.9 Å². The summed E-state index contributed by atoms with van der Waals surface area (Å²) < 4.78 is 0. The molecule has 0 unspecified atom stereocenters. The SMILES string of the molecule is N#C[Se]Cc1cc2ccc3cc(C[Se]C#N)c4ccc5ccc1c1c2c3c4c51. The summed E-state index contributed by atoms with van der Waals surface area (Å²) in [5, 5.41) is 33.2. The first-order valence-corrected chi connectivity index (χ1v) is 13.2. The molecule has 130 valence electrons. The first kappa shape index (κ1) is 16.4. The van der Waals surface area contributed by atoms with Crippen LogP contribution in [0.15, 0.2) is 48.5 Å². The van der Waals surface area contributed by atoms with E-state index >= 15 is 0 Å². The summed E-state index contributed by atoms with van der Waals surface area (Å²) in [7, 11) is 0. The van der Waals surface area contributed by atoms with Crippen LogP contribution in [0.25, 0.3) is 53.9 Å². The quantitative estimate of drug-likeness (QED) is 0.256. The predicted molar refractivity (Wildman–Crippen MR) is 118 cm³/mol. The summed E-state index contributed by atoms with van der Waals surface area (Å²) in [5.74, 6) is 0. The van der Waals surface area contributed by atoms with Crippen LogP contribution in [-0.2, 0) is 10.6 Å². The van der Waals surface area contributed by atoms with Gasteiger partial charge in [0.2, 0.25) is 0 Å². The van der Waals surface area contributed by atoms with Gasteiger partial charge < -0.3 is 0 Å². The van der Waals surface area contributed by atoms with Crippen LogP contribution in [0.4, 0.5) is 0 Å². The van der Waals surface area contributed by atoms with Crippen LogP contribution in [0, 0.1) is 20.5 Å². The second kappa shape index (κ2) is 5.96. The van der Waals surface area contributed by atoms with Crippen molar-refractivity contribution in [2.45, 2.75) is 10.6 Å². The van der Waals surface area contributed by atoms with Gasteiger partial charge >= 0.3 is 175 Å². The van der Waals surface area contributed by atoms with Crippen molar-refractivity contribution in [1.29, 1.82) is 10.5 Å². The van der Waals surface area contributed by atoms with Crippen molar-refractivity contribution in [3.63, 3.8) is 0 Å². The molecule has 6 rings (SSSR count). The minimum atomic E-state index is -0.0286. The Kier molecular flexibility index (Phi) is 3.48. The molecule has 4 heteroatoms. The zero-order valence-corrected chi connectivity index (χ0v) is 18.2. The van der Waals surface area contributed by atoms with Gasteiger partial charge in [-0.3, -0.25) is 0 Å². The Bertz CT molecular complexity index is 1470. The number of rotatable bonds is 4. The first-order valence-electron chi connectivity index (χ1n) is 9.03. The Balaban J connectivity index is 1.87. The third kappa shape index (κ3) is 2.02. The van der Waals surface area contributed by atoms with Crippen LogP contribution in [0.5, 0.6) is 0 Å². The topological polar surface area (TPSA) is 47.6 Å². The Morgan fingerprint density at radius 2 is 1.00 bits per heavy atom. The third-order valence-corrected chi connectivity index (χ3v) is 8.34. The van der Waals surface area contributed by atoms with Crippen molar-refractivity contribution in [3.8, 4) is 9.94 Å². The fourth-order valence-electron chi connectivity index (χ4n) is 4.88. The number of hydrogen-bond acceptors (Lipinski definition) is 2. The second-order valence-corrected chi connectivity index (χ2v) is 10.4. The molecule has 0 heterocycles. The van der Waals surface area contributed by atoms with Crippen LogP contribution in [0.3, 0.4) is 0 Å². The molecule has 0 atom stereocenters. The number of hydrogen-bond donors (Lipinski definition) is 0. The Hall–Kier alpha value is -2.58. The van der Waals surface area contributed by atoms with E-state index in [0.29, 0.717) is 0 Å². The molecular weight excluding hydrogens is 474 g/mol. The first-order chi connectivity index (χ1) is 13.8. The van der Waals surface area contributed by atoms with E-state index in [2.05, 4.69) is 58.5 Å². The predicted octanol–water partition coefficient (Wildman–Crippen LogP) is 5.14. The fourth-order valence-corrected chi connectivity index (χ4v) is 6.80. The Morgan fingerprint density at radius 1 is 0.571 bits per heavy atom. The molecule has 28 heavy (non-hydrogen) atoms. The standard InChI is InChI=1S/C24H12N2Se2/c25-11-27-9-16-7-14-1-2-15-8-17(10-28-12-26)19-6-4-13-3-5-18(16)23-20(13)24(19)22(15)21(14)23/h1-8H,9-10H2. The molecule has 0 radical (unpaired) electrons.